The van der Waals surface area contributed by atoms with E-state index in [0.29, 0.717) is 37.7 Å². The van der Waals surface area contributed by atoms with Gasteiger partial charge >= 0.3 is 0 Å². The van der Waals surface area contributed by atoms with Crippen molar-refractivity contribution in [2.24, 2.45) is 0 Å². The highest BCUT2D eigenvalue weighted by molar-refractivity contribution is 6.04. The molecule has 10 heteroatoms. The maximum atomic E-state index is 13.7. The molecule has 0 unspecified atom stereocenters. The van der Waals surface area contributed by atoms with Crippen LogP contribution in [-0.2, 0) is 17.2 Å². The molecule has 0 radical (unpaired) electrons. The molecule has 8 nitrogen and oxygen atoms in total. The fourth-order valence-corrected chi connectivity index (χ4v) is 4.16. The molecule has 0 saturated carbocycles. The van der Waals surface area contributed by atoms with E-state index >= 15 is 0 Å². The van der Waals surface area contributed by atoms with Crippen molar-refractivity contribution in [3.8, 4) is 17.2 Å². The topological polar surface area (TPSA) is 100 Å². The number of carbonyl (C=O) groups is 1. The number of pyridine rings is 2. The minimum atomic E-state index is -3.17. The number of amides is 1. The Balaban J connectivity index is 1.69. The Bertz CT molecular complexity index is 1400. The van der Waals surface area contributed by atoms with Gasteiger partial charge in [-0.1, -0.05) is 6.07 Å². The number of alkyl halides is 2. The molecule has 0 bridgehead atoms. The van der Waals surface area contributed by atoms with Crippen molar-refractivity contribution in [2.75, 3.05) is 36.5 Å². The number of hydrogen-bond acceptors (Lipinski definition) is 6. The third-order valence-corrected chi connectivity index (χ3v) is 6.16. The van der Waals surface area contributed by atoms with E-state index in [9.17, 15) is 18.4 Å². The fourth-order valence-electron chi connectivity index (χ4n) is 4.16. The third-order valence-electron chi connectivity index (χ3n) is 6.16. The largest absolute Gasteiger partial charge is 0.378 e. The summed E-state index contributed by atoms with van der Waals surface area (Å²) in [6.45, 7) is 5.09. The standard InChI is InChI=1S/C27H27F2N5O3/c1-18-4-5-21(32-25(35)19-6-8-31-24(15-19)27(2,28)29)16-22(18)20-14-23(33-10-12-37-13-11-33)26(36)34(17-20)9-3-7-30/h4-6,8,14-17H,3,9-13H2,1-2H3,(H,32,35). The van der Waals surface area contributed by atoms with E-state index in [0.717, 1.165) is 29.7 Å². The molecule has 1 fully saturated rings. The molecule has 1 amide bonds. The monoisotopic (exact) mass is 507 g/mol. The number of nitriles is 1. The summed E-state index contributed by atoms with van der Waals surface area (Å²) in [7, 11) is 0. The van der Waals surface area contributed by atoms with Gasteiger partial charge in [-0.2, -0.15) is 14.0 Å². The van der Waals surface area contributed by atoms with Crippen LogP contribution in [0.5, 0.6) is 0 Å². The Kier molecular flexibility index (Phi) is 7.64. The van der Waals surface area contributed by atoms with Gasteiger partial charge in [-0.05, 0) is 48.4 Å². The molecule has 3 heterocycles. The van der Waals surface area contributed by atoms with Crippen molar-refractivity contribution in [3.63, 3.8) is 0 Å². The molecular weight excluding hydrogens is 480 g/mol. The average molecular weight is 508 g/mol. The van der Waals surface area contributed by atoms with Crippen LogP contribution in [-0.4, -0.2) is 41.8 Å². The zero-order valence-corrected chi connectivity index (χ0v) is 20.6. The summed E-state index contributed by atoms with van der Waals surface area (Å²) < 4.78 is 34.3. The number of halogens is 2. The van der Waals surface area contributed by atoms with Crippen molar-refractivity contribution in [3.05, 3.63) is 76.0 Å². The number of anilines is 2. The van der Waals surface area contributed by atoms with Crippen molar-refractivity contribution in [2.45, 2.75) is 32.7 Å². The van der Waals surface area contributed by atoms with Crippen LogP contribution in [0.1, 0.15) is 35.0 Å². The van der Waals surface area contributed by atoms with Gasteiger partial charge in [0, 0.05) is 55.8 Å². The van der Waals surface area contributed by atoms with E-state index in [-0.39, 0.29) is 24.1 Å². The number of benzene rings is 1. The number of nitrogens with zero attached hydrogens (tertiary/aromatic N) is 4. The van der Waals surface area contributed by atoms with Crippen molar-refractivity contribution in [1.29, 1.82) is 5.26 Å². The lowest BCUT2D eigenvalue weighted by Gasteiger charge is -2.29. The van der Waals surface area contributed by atoms with Crippen LogP contribution in [0.3, 0.4) is 0 Å². The Morgan fingerprint density at radius 3 is 2.68 bits per heavy atom. The number of rotatable bonds is 7. The predicted molar refractivity (Wildman–Crippen MR) is 136 cm³/mol. The third kappa shape index (κ3) is 6.01. The highest BCUT2D eigenvalue weighted by atomic mass is 19.3. The Morgan fingerprint density at radius 2 is 1.97 bits per heavy atom. The average Bonchev–Trinajstić information content (AvgIpc) is 2.89. The smallest absolute Gasteiger partial charge is 0.286 e. The van der Waals surface area contributed by atoms with Gasteiger partial charge in [0.1, 0.15) is 11.4 Å². The molecule has 4 rings (SSSR count). The summed E-state index contributed by atoms with van der Waals surface area (Å²) >= 11 is 0. The van der Waals surface area contributed by atoms with Crippen LogP contribution >= 0.6 is 0 Å². The number of ether oxygens (including phenoxy) is 1. The van der Waals surface area contributed by atoms with E-state index < -0.39 is 17.5 Å². The Morgan fingerprint density at radius 1 is 1.22 bits per heavy atom. The molecule has 192 valence electrons. The lowest BCUT2D eigenvalue weighted by molar-refractivity contribution is 0.0127. The normalized spacial score (nSPS) is 13.8. The minimum absolute atomic E-state index is 0.0632. The maximum Gasteiger partial charge on any atom is 0.286 e. The molecule has 1 saturated heterocycles. The van der Waals surface area contributed by atoms with Crippen LogP contribution < -0.4 is 15.8 Å². The first-order valence-corrected chi connectivity index (χ1v) is 11.9. The van der Waals surface area contributed by atoms with Gasteiger partial charge in [-0.25, -0.2) is 0 Å². The maximum absolute atomic E-state index is 13.7. The molecule has 1 N–H and O–H groups in total. The zero-order valence-electron chi connectivity index (χ0n) is 20.6. The van der Waals surface area contributed by atoms with Gasteiger partial charge in [-0.15, -0.1) is 0 Å². The van der Waals surface area contributed by atoms with Crippen molar-refractivity contribution < 1.29 is 18.3 Å². The van der Waals surface area contributed by atoms with E-state index in [4.69, 9.17) is 10.00 Å². The number of morpholine rings is 1. The van der Waals surface area contributed by atoms with Gasteiger partial charge in [0.05, 0.1) is 25.7 Å². The Labute approximate surface area is 213 Å². The second-order valence-electron chi connectivity index (χ2n) is 8.92. The molecule has 1 aliphatic rings. The molecule has 0 aliphatic carbocycles. The second kappa shape index (κ2) is 10.9. The molecule has 37 heavy (non-hydrogen) atoms. The molecule has 3 aromatic rings. The summed E-state index contributed by atoms with van der Waals surface area (Å²) in [5, 5.41) is 11.8. The van der Waals surface area contributed by atoms with Gasteiger partial charge < -0.3 is 19.5 Å². The fraction of sp³-hybridized carbons (Fsp3) is 0.333. The highest BCUT2D eigenvalue weighted by Gasteiger charge is 2.27. The minimum Gasteiger partial charge on any atom is -0.378 e. The van der Waals surface area contributed by atoms with Gasteiger partial charge in [-0.3, -0.25) is 14.6 Å². The van der Waals surface area contributed by atoms with E-state index in [2.05, 4.69) is 16.4 Å². The highest BCUT2D eigenvalue weighted by Crippen LogP contribution is 2.30. The summed E-state index contributed by atoms with van der Waals surface area (Å²) in [5.41, 5.74) is 2.84. The van der Waals surface area contributed by atoms with Crippen LogP contribution in [0.15, 0.2) is 53.6 Å². The van der Waals surface area contributed by atoms with Gasteiger partial charge in [0.15, 0.2) is 0 Å². The molecule has 1 aliphatic heterocycles. The van der Waals surface area contributed by atoms with E-state index in [1.807, 2.05) is 24.0 Å². The number of nitrogens with one attached hydrogen (secondary N) is 1. The second-order valence-corrected chi connectivity index (χ2v) is 8.92. The van der Waals surface area contributed by atoms with E-state index in [1.54, 1.807) is 18.3 Å². The lowest BCUT2D eigenvalue weighted by atomic mass is 10.0. The van der Waals surface area contributed by atoms with Crippen LogP contribution in [0, 0.1) is 18.3 Å². The Hall–Kier alpha value is -4.10. The molecule has 2 aromatic heterocycles. The van der Waals surface area contributed by atoms with E-state index in [1.165, 1.54) is 16.8 Å². The predicted octanol–water partition coefficient (Wildman–Crippen LogP) is 4.33. The molecule has 1 aromatic carbocycles. The molecule has 0 atom stereocenters. The lowest BCUT2D eigenvalue weighted by Crippen LogP contribution is -2.40. The van der Waals surface area contributed by atoms with Crippen LogP contribution in [0.2, 0.25) is 0 Å². The first-order valence-electron chi connectivity index (χ1n) is 11.9. The van der Waals surface area contributed by atoms with Crippen LogP contribution in [0.25, 0.3) is 11.1 Å². The number of carbonyl (C=O) groups excluding carboxylic acids is 1. The summed E-state index contributed by atoms with van der Waals surface area (Å²) in [5.74, 6) is -3.71. The number of aryl methyl sites for hydroxylation is 2. The summed E-state index contributed by atoms with van der Waals surface area (Å²) in [6.07, 6.45) is 3.08. The van der Waals surface area contributed by atoms with Crippen LogP contribution in [0.4, 0.5) is 20.2 Å². The quantitative estimate of drug-likeness (QED) is 0.511. The van der Waals surface area contributed by atoms with Crippen molar-refractivity contribution >= 4 is 17.3 Å². The zero-order chi connectivity index (χ0) is 26.6. The summed E-state index contributed by atoms with van der Waals surface area (Å²) in [4.78, 5) is 31.6. The number of aromatic nitrogens is 2. The first kappa shape index (κ1) is 26.0. The first-order chi connectivity index (χ1) is 17.7. The molecule has 0 spiro atoms. The number of hydrogen-bond donors (Lipinski definition) is 1. The SMILES string of the molecule is Cc1ccc(NC(=O)c2ccnc(C(C)(F)F)c2)cc1-c1cc(N2CCOCC2)c(=O)n(CCC#N)c1. The summed E-state index contributed by atoms with van der Waals surface area (Å²) in [6, 6.07) is 11.7. The van der Waals surface area contributed by atoms with Crippen molar-refractivity contribution in [1.82, 2.24) is 9.55 Å². The van der Waals surface area contributed by atoms with Gasteiger partial charge in [0.2, 0.25) is 0 Å². The molecular formula is C27H27F2N5O3. The van der Waals surface area contributed by atoms with Gasteiger partial charge in [0.25, 0.3) is 17.4 Å².